The van der Waals surface area contributed by atoms with Gasteiger partial charge in [-0.05, 0) is 55.8 Å². The van der Waals surface area contributed by atoms with Gasteiger partial charge in [-0.3, -0.25) is 4.79 Å². The average Bonchev–Trinajstić information content (AvgIpc) is 3.25. The first-order valence-electron chi connectivity index (χ1n) is 8.58. The smallest absolute Gasteiger partial charge is 0.262 e. The Kier molecular flexibility index (Phi) is 5.40. The molecule has 4 aromatic rings. The maximum absolute atomic E-state index is 12.3. The van der Waals surface area contributed by atoms with Crippen molar-refractivity contribution in [3.8, 4) is 16.3 Å². The van der Waals surface area contributed by atoms with E-state index in [9.17, 15) is 4.79 Å². The molecule has 1 N–H and O–H groups in total. The van der Waals surface area contributed by atoms with Crippen LogP contribution < -0.4 is 10.1 Å². The Bertz CT molecular complexity index is 1220. The Hall–Kier alpha value is -2.68. The third kappa shape index (κ3) is 4.19. The van der Waals surface area contributed by atoms with Gasteiger partial charge < -0.3 is 10.1 Å². The standard InChI is InChI=1S/C19H15Cl2N5O2S/c1-10-7-12(18-25-26-11(2)23-24-19(26)29-18)3-5-15(10)22-17(27)9-28-16-6-4-13(20)8-14(16)21/h3-8H,9H2,1-2H3,(H,22,27). The fourth-order valence-corrected chi connectivity index (χ4v) is 4.03. The molecule has 0 fully saturated rings. The Labute approximate surface area is 180 Å². The summed E-state index contributed by atoms with van der Waals surface area (Å²) in [6, 6.07) is 10.5. The average molecular weight is 448 g/mol. The van der Waals surface area contributed by atoms with Crippen LogP contribution in [0.4, 0.5) is 5.69 Å². The highest BCUT2D eigenvalue weighted by Crippen LogP contribution is 2.29. The highest BCUT2D eigenvalue weighted by molar-refractivity contribution is 7.19. The number of aromatic nitrogens is 4. The van der Waals surface area contributed by atoms with Gasteiger partial charge >= 0.3 is 0 Å². The van der Waals surface area contributed by atoms with Gasteiger partial charge in [0.15, 0.2) is 12.4 Å². The lowest BCUT2D eigenvalue weighted by atomic mass is 10.1. The van der Waals surface area contributed by atoms with E-state index in [1.54, 1.807) is 22.7 Å². The zero-order valence-corrected chi connectivity index (χ0v) is 17.8. The fraction of sp³-hybridized carbons (Fsp3) is 0.158. The zero-order valence-electron chi connectivity index (χ0n) is 15.4. The fourth-order valence-electron chi connectivity index (χ4n) is 2.69. The lowest BCUT2D eigenvalue weighted by Crippen LogP contribution is -2.20. The van der Waals surface area contributed by atoms with Crippen LogP contribution in [0.3, 0.4) is 0 Å². The van der Waals surface area contributed by atoms with Crippen molar-refractivity contribution in [1.29, 1.82) is 0 Å². The summed E-state index contributed by atoms with van der Waals surface area (Å²) in [5, 5.41) is 17.1. The Morgan fingerprint density at radius 2 is 2.00 bits per heavy atom. The molecule has 2 aromatic heterocycles. The van der Waals surface area contributed by atoms with Crippen molar-refractivity contribution in [3.05, 3.63) is 57.8 Å². The van der Waals surface area contributed by atoms with E-state index in [1.807, 2.05) is 32.0 Å². The minimum absolute atomic E-state index is 0.168. The van der Waals surface area contributed by atoms with Gasteiger partial charge in [0.25, 0.3) is 5.91 Å². The molecular formula is C19H15Cl2N5O2S. The van der Waals surface area contributed by atoms with Crippen LogP contribution in [0.2, 0.25) is 10.0 Å². The molecule has 0 spiro atoms. The van der Waals surface area contributed by atoms with Gasteiger partial charge in [0.2, 0.25) is 4.96 Å². The molecule has 0 aliphatic carbocycles. The van der Waals surface area contributed by atoms with Crippen LogP contribution in [0, 0.1) is 13.8 Å². The molecule has 0 saturated heterocycles. The number of nitrogens with one attached hydrogen (secondary N) is 1. The number of hydrogen-bond acceptors (Lipinski definition) is 6. The lowest BCUT2D eigenvalue weighted by molar-refractivity contribution is -0.118. The van der Waals surface area contributed by atoms with Gasteiger partial charge in [0, 0.05) is 16.3 Å². The normalized spacial score (nSPS) is 11.0. The molecule has 29 heavy (non-hydrogen) atoms. The summed E-state index contributed by atoms with van der Waals surface area (Å²) < 4.78 is 7.18. The van der Waals surface area contributed by atoms with Crippen LogP contribution in [0.15, 0.2) is 36.4 Å². The lowest BCUT2D eigenvalue weighted by Gasteiger charge is -2.11. The molecule has 148 valence electrons. The molecule has 0 atom stereocenters. The summed E-state index contributed by atoms with van der Waals surface area (Å²) in [5.41, 5.74) is 2.55. The van der Waals surface area contributed by atoms with E-state index in [0.29, 0.717) is 21.5 Å². The monoisotopic (exact) mass is 447 g/mol. The van der Waals surface area contributed by atoms with Gasteiger partial charge in [0.1, 0.15) is 10.8 Å². The minimum Gasteiger partial charge on any atom is -0.482 e. The Morgan fingerprint density at radius 1 is 1.17 bits per heavy atom. The number of carbonyl (C=O) groups is 1. The van der Waals surface area contributed by atoms with Gasteiger partial charge in [-0.2, -0.15) is 9.61 Å². The number of aryl methyl sites for hydroxylation is 2. The molecule has 0 aliphatic heterocycles. The number of rotatable bonds is 5. The van der Waals surface area contributed by atoms with Crippen molar-refractivity contribution in [2.75, 3.05) is 11.9 Å². The molecule has 2 aromatic carbocycles. The molecule has 0 saturated carbocycles. The number of fused-ring (bicyclic) bond motifs is 1. The van der Waals surface area contributed by atoms with Gasteiger partial charge in [-0.1, -0.05) is 34.5 Å². The Balaban J connectivity index is 1.44. The molecule has 1 amide bonds. The van der Waals surface area contributed by atoms with E-state index in [4.69, 9.17) is 27.9 Å². The van der Waals surface area contributed by atoms with Gasteiger partial charge in [0.05, 0.1) is 5.02 Å². The second-order valence-electron chi connectivity index (χ2n) is 6.29. The quantitative estimate of drug-likeness (QED) is 0.475. The number of carbonyl (C=O) groups excluding carboxylic acids is 1. The molecular weight excluding hydrogens is 433 g/mol. The van der Waals surface area contributed by atoms with E-state index in [-0.39, 0.29) is 12.5 Å². The van der Waals surface area contributed by atoms with Crippen LogP contribution >= 0.6 is 34.5 Å². The third-order valence-corrected chi connectivity index (χ3v) is 5.63. The highest BCUT2D eigenvalue weighted by atomic mass is 35.5. The molecule has 4 rings (SSSR count). The molecule has 7 nitrogen and oxygen atoms in total. The van der Waals surface area contributed by atoms with Crippen LogP contribution in [0.5, 0.6) is 5.75 Å². The Morgan fingerprint density at radius 3 is 2.72 bits per heavy atom. The van der Waals surface area contributed by atoms with Crippen molar-refractivity contribution in [3.63, 3.8) is 0 Å². The number of halogens is 2. The molecule has 0 unspecified atom stereocenters. The molecule has 0 radical (unpaired) electrons. The topological polar surface area (TPSA) is 81.4 Å². The number of anilines is 1. The largest absolute Gasteiger partial charge is 0.482 e. The maximum Gasteiger partial charge on any atom is 0.262 e. The number of nitrogens with zero attached hydrogens (tertiary/aromatic N) is 4. The SMILES string of the molecule is Cc1cc(-c2nn3c(C)nnc3s2)ccc1NC(=O)COc1ccc(Cl)cc1Cl. The summed E-state index contributed by atoms with van der Waals surface area (Å²) in [7, 11) is 0. The second-order valence-corrected chi connectivity index (χ2v) is 8.09. The number of amides is 1. The first-order chi connectivity index (χ1) is 13.9. The number of ether oxygens (including phenoxy) is 1. The maximum atomic E-state index is 12.3. The van der Waals surface area contributed by atoms with E-state index >= 15 is 0 Å². The van der Waals surface area contributed by atoms with Gasteiger partial charge in [-0.25, -0.2) is 0 Å². The summed E-state index contributed by atoms with van der Waals surface area (Å²) in [4.78, 5) is 13.0. The van der Waals surface area contributed by atoms with Crippen molar-refractivity contribution >= 4 is 51.1 Å². The number of benzene rings is 2. The van der Waals surface area contributed by atoms with Crippen molar-refractivity contribution in [1.82, 2.24) is 19.8 Å². The second kappa shape index (κ2) is 7.98. The summed E-state index contributed by atoms with van der Waals surface area (Å²) >= 11 is 13.4. The summed E-state index contributed by atoms with van der Waals surface area (Å²) in [5.74, 6) is 0.849. The van der Waals surface area contributed by atoms with E-state index in [2.05, 4.69) is 20.6 Å². The molecule has 0 bridgehead atoms. The van der Waals surface area contributed by atoms with E-state index in [0.717, 1.165) is 26.9 Å². The molecule has 10 heteroatoms. The van der Waals surface area contributed by atoms with Crippen molar-refractivity contribution in [2.24, 2.45) is 0 Å². The van der Waals surface area contributed by atoms with Crippen molar-refractivity contribution in [2.45, 2.75) is 13.8 Å². The first-order valence-corrected chi connectivity index (χ1v) is 10.2. The molecule has 2 heterocycles. The summed E-state index contributed by atoms with van der Waals surface area (Å²) in [6.45, 7) is 3.60. The minimum atomic E-state index is -0.290. The molecule has 0 aliphatic rings. The van der Waals surface area contributed by atoms with Crippen molar-refractivity contribution < 1.29 is 9.53 Å². The van der Waals surface area contributed by atoms with E-state index in [1.165, 1.54) is 11.3 Å². The van der Waals surface area contributed by atoms with Crippen LogP contribution in [-0.4, -0.2) is 32.3 Å². The third-order valence-electron chi connectivity index (χ3n) is 4.15. The highest BCUT2D eigenvalue weighted by Gasteiger charge is 2.13. The summed E-state index contributed by atoms with van der Waals surface area (Å²) in [6.07, 6.45) is 0. The van der Waals surface area contributed by atoms with Crippen LogP contribution in [-0.2, 0) is 4.79 Å². The predicted octanol–water partition coefficient (Wildman–Crippen LogP) is 4.79. The first kappa shape index (κ1) is 19.6. The number of hydrogen-bond donors (Lipinski definition) is 1. The zero-order chi connectivity index (χ0) is 20.5. The van der Waals surface area contributed by atoms with E-state index < -0.39 is 0 Å². The van der Waals surface area contributed by atoms with Crippen LogP contribution in [0.25, 0.3) is 15.5 Å². The van der Waals surface area contributed by atoms with Crippen LogP contribution in [0.1, 0.15) is 11.4 Å². The predicted molar refractivity (Wildman–Crippen MR) is 114 cm³/mol. The van der Waals surface area contributed by atoms with Gasteiger partial charge in [-0.15, -0.1) is 10.2 Å².